The van der Waals surface area contributed by atoms with Crippen molar-refractivity contribution < 1.29 is 0 Å². The minimum atomic E-state index is 0.705. The van der Waals surface area contributed by atoms with Gasteiger partial charge in [-0.05, 0) is 24.6 Å². The lowest BCUT2D eigenvalue weighted by Gasteiger charge is -2.06. The molecule has 0 radical (unpaired) electrons. The van der Waals surface area contributed by atoms with Gasteiger partial charge in [0.2, 0.25) is 0 Å². The minimum Gasteiger partial charge on any atom is -0.369 e. The van der Waals surface area contributed by atoms with Crippen molar-refractivity contribution in [2.24, 2.45) is 0 Å². The fourth-order valence-electron chi connectivity index (χ4n) is 1.41. The van der Waals surface area contributed by atoms with Gasteiger partial charge in [0.25, 0.3) is 0 Å². The number of nitrogens with zero attached hydrogens (tertiary/aromatic N) is 2. The number of hydrogen-bond acceptors (Lipinski definition) is 3. The van der Waals surface area contributed by atoms with E-state index < -0.39 is 0 Å². The number of nitrogens with one attached hydrogen (secondary N) is 1. The van der Waals surface area contributed by atoms with Crippen molar-refractivity contribution in [1.82, 2.24) is 9.97 Å². The molecule has 4 heteroatoms. The van der Waals surface area contributed by atoms with E-state index in [2.05, 4.69) is 22.2 Å². The van der Waals surface area contributed by atoms with Crippen LogP contribution in [0, 0.1) is 0 Å². The van der Waals surface area contributed by atoms with Crippen LogP contribution in [0.3, 0.4) is 0 Å². The molecule has 0 spiro atoms. The molecule has 0 aliphatic carbocycles. The number of benzene rings is 1. The Morgan fingerprint density at radius 1 is 1.33 bits per heavy atom. The van der Waals surface area contributed by atoms with Crippen LogP contribution in [0.4, 0.5) is 5.82 Å². The lowest BCUT2D eigenvalue weighted by molar-refractivity contribution is 0.969. The van der Waals surface area contributed by atoms with E-state index in [0.29, 0.717) is 5.02 Å². The highest BCUT2D eigenvalue weighted by Gasteiger charge is 2.02. The number of hydrogen-bond donors (Lipinski definition) is 1. The molecule has 1 N–H and O–H groups in total. The third-order valence-electron chi connectivity index (χ3n) is 2.14. The van der Waals surface area contributed by atoms with Gasteiger partial charge in [-0.2, -0.15) is 0 Å². The van der Waals surface area contributed by atoms with E-state index in [9.17, 15) is 0 Å². The number of anilines is 1. The molecule has 0 bridgehead atoms. The molecule has 0 unspecified atom stereocenters. The fraction of sp³-hybridized carbons (Fsp3) is 0.273. The van der Waals surface area contributed by atoms with Crippen molar-refractivity contribution in [1.29, 1.82) is 0 Å². The molecule has 3 nitrogen and oxygen atoms in total. The lowest BCUT2D eigenvalue weighted by atomic mass is 10.2. The summed E-state index contributed by atoms with van der Waals surface area (Å²) < 4.78 is 0. The van der Waals surface area contributed by atoms with Gasteiger partial charge in [-0.1, -0.05) is 18.5 Å². The van der Waals surface area contributed by atoms with Gasteiger partial charge >= 0.3 is 0 Å². The van der Waals surface area contributed by atoms with Crippen LogP contribution < -0.4 is 5.32 Å². The van der Waals surface area contributed by atoms with Crippen LogP contribution in [0.15, 0.2) is 24.5 Å². The van der Waals surface area contributed by atoms with Crippen LogP contribution in [-0.2, 0) is 0 Å². The summed E-state index contributed by atoms with van der Waals surface area (Å²) in [5.41, 5.74) is 0.910. The van der Waals surface area contributed by atoms with Crippen molar-refractivity contribution in [3.63, 3.8) is 0 Å². The monoisotopic (exact) mass is 221 g/mol. The molecule has 1 aromatic carbocycles. The smallest absolute Gasteiger partial charge is 0.137 e. The predicted octanol–water partition coefficient (Wildman–Crippen LogP) is 3.11. The number of halogens is 1. The molecular formula is C11H12ClN3. The lowest BCUT2D eigenvalue weighted by Crippen LogP contribution is -2.02. The van der Waals surface area contributed by atoms with Crippen molar-refractivity contribution >= 4 is 28.3 Å². The first kappa shape index (κ1) is 10.2. The third kappa shape index (κ3) is 2.18. The Morgan fingerprint density at radius 2 is 2.20 bits per heavy atom. The second-order valence-corrected chi connectivity index (χ2v) is 3.75. The van der Waals surface area contributed by atoms with Gasteiger partial charge in [0.15, 0.2) is 0 Å². The van der Waals surface area contributed by atoms with Crippen LogP contribution in [0.25, 0.3) is 10.9 Å². The highest BCUT2D eigenvalue weighted by molar-refractivity contribution is 6.31. The largest absolute Gasteiger partial charge is 0.369 e. The maximum Gasteiger partial charge on any atom is 0.137 e. The normalized spacial score (nSPS) is 10.5. The molecule has 2 aromatic rings. The summed E-state index contributed by atoms with van der Waals surface area (Å²) in [6, 6.07) is 5.62. The van der Waals surface area contributed by atoms with Gasteiger partial charge in [0.05, 0.1) is 5.52 Å². The van der Waals surface area contributed by atoms with Crippen LogP contribution in [0.5, 0.6) is 0 Å². The van der Waals surface area contributed by atoms with Crippen molar-refractivity contribution in [2.75, 3.05) is 11.9 Å². The first-order valence-electron chi connectivity index (χ1n) is 4.95. The van der Waals surface area contributed by atoms with Gasteiger partial charge in [-0.25, -0.2) is 9.97 Å². The van der Waals surface area contributed by atoms with E-state index >= 15 is 0 Å². The highest BCUT2D eigenvalue weighted by Crippen LogP contribution is 2.22. The zero-order valence-electron chi connectivity index (χ0n) is 8.50. The molecular weight excluding hydrogens is 210 g/mol. The molecule has 1 aromatic heterocycles. The Labute approximate surface area is 93.5 Å². The molecule has 0 aliphatic rings. The van der Waals surface area contributed by atoms with E-state index in [-0.39, 0.29) is 0 Å². The van der Waals surface area contributed by atoms with Crippen molar-refractivity contribution in [3.8, 4) is 0 Å². The van der Waals surface area contributed by atoms with Gasteiger partial charge in [-0.15, -0.1) is 0 Å². The van der Waals surface area contributed by atoms with Gasteiger partial charge in [0, 0.05) is 17.0 Å². The van der Waals surface area contributed by atoms with Crippen LogP contribution in [-0.4, -0.2) is 16.5 Å². The maximum absolute atomic E-state index is 5.94. The molecule has 2 rings (SSSR count). The molecule has 1 heterocycles. The molecule has 0 amide bonds. The quantitative estimate of drug-likeness (QED) is 0.866. The summed E-state index contributed by atoms with van der Waals surface area (Å²) in [4.78, 5) is 8.39. The van der Waals surface area contributed by atoms with Crippen LogP contribution in [0.2, 0.25) is 5.02 Å². The van der Waals surface area contributed by atoms with E-state index in [4.69, 9.17) is 11.6 Å². The first-order chi connectivity index (χ1) is 7.31. The van der Waals surface area contributed by atoms with Crippen LogP contribution >= 0.6 is 11.6 Å². The SMILES string of the molecule is CCCNc1ncnc2ccc(Cl)cc12. The summed E-state index contributed by atoms with van der Waals surface area (Å²) >= 11 is 5.94. The Morgan fingerprint density at radius 3 is 3.00 bits per heavy atom. The highest BCUT2D eigenvalue weighted by atomic mass is 35.5. The molecule has 0 saturated carbocycles. The molecule has 0 atom stereocenters. The number of aromatic nitrogens is 2. The fourth-order valence-corrected chi connectivity index (χ4v) is 1.59. The van der Waals surface area contributed by atoms with E-state index in [0.717, 1.165) is 29.7 Å². The Hall–Kier alpha value is -1.35. The second-order valence-electron chi connectivity index (χ2n) is 3.31. The number of rotatable bonds is 3. The van der Waals surface area contributed by atoms with Gasteiger partial charge < -0.3 is 5.32 Å². The standard InChI is InChI=1S/C11H12ClN3/c1-2-5-13-11-9-6-8(12)3-4-10(9)14-7-15-11/h3-4,6-7H,2,5H2,1H3,(H,13,14,15). The zero-order valence-corrected chi connectivity index (χ0v) is 9.25. The topological polar surface area (TPSA) is 37.8 Å². The molecule has 78 valence electrons. The summed E-state index contributed by atoms with van der Waals surface area (Å²) in [5, 5.41) is 4.93. The van der Waals surface area contributed by atoms with Gasteiger partial charge in [0.1, 0.15) is 12.1 Å². The van der Waals surface area contributed by atoms with Crippen LogP contribution in [0.1, 0.15) is 13.3 Å². The Bertz CT molecular complexity index is 470. The average molecular weight is 222 g/mol. The molecule has 0 aliphatic heterocycles. The predicted molar refractivity (Wildman–Crippen MR) is 63.3 cm³/mol. The molecule has 15 heavy (non-hydrogen) atoms. The second kappa shape index (κ2) is 4.45. The van der Waals surface area contributed by atoms with E-state index in [1.165, 1.54) is 0 Å². The third-order valence-corrected chi connectivity index (χ3v) is 2.37. The molecule has 0 fully saturated rings. The maximum atomic E-state index is 5.94. The Balaban J connectivity index is 2.48. The minimum absolute atomic E-state index is 0.705. The van der Waals surface area contributed by atoms with Crippen molar-refractivity contribution in [2.45, 2.75) is 13.3 Å². The summed E-state index contributed by atoms with van der Waals surface area (Å²) in [7, 11) is 0. The zero-order chi connectivity index (χ0) is 10.7. The summed E-state index contributed by atoms with van der Waals surface area (Å²) in [5.74, 6) is 0.851. The molecule has 0 saturated heterocycles. The van der Waals surface area contributed by atoms with E-state index in [1.54, 1.807) is 6.33 Å². The van der Waals surface area contributed by atoms with Gasteiger partial charge in [-0.3, -0.25) is 0 Å². The Kier molecular flexibility index (Phi) is 3.02. The first-order valence-corrected chi connectivity index (χ1v) is 5.33. The summed E-state index contributed by atoms with van der Waals surface area (Å²) in [6.07, 6.45) is 2.63. The number of fused-ring (bicyclic) bond motifs is 1. The van der Waals surface area contributed by atoms with Crippen molar-refractivity contribution in [3.05, 3.63) is 29.5 Å². The van der Waals surface area contributed by atoms with E-state index in [1.807, 2.05) is 18.2 Å². The average Bonchev–Trinajstić information content (AvgIpc) is 2.26. The summed E-state index contributed by atoms with van der Waals surface area (Å²) in [6.45, 7) is 3.02.